The molecule has 9 heteroatoms. The van der Waals surface area contributed by atoms with Gasteiger partial charge in [0.05, 0.1) is 26.7 Å². The number of benzene rings is 2. The van der Waals surface area contributed by atoms with Crippen molar-refractivity contribution in [2.75, 3.05) is 31.1 Å². The first-order valence-electron chi connectivity index (χ1n) is 8.79. The highest BCUT2D eigenvalue weighted by Crippen LogP contribution is 2.31. The SMILES string of the molecule is N#Cc1ccc(S(=O)(=O)N2CCCN(c3nc4ccc(Cl)cc4s3)CC2)cc1. The highest BCUT2D eigenvalue weighted by atomic mass is 35.5. The van der Waals surface area contributed by atoms with Gasteiger partial charge in [-0.15, -0.1) is 0 Å². The first-order valence-corrected chi connectivity index (χ1v) is 11.4. The van der Waals surface area contributed by atoms with Crippen LogP contribution in [0.5, 0.6) is 0 Å². The van der Waals surface area contributed by atoms with E-state index < -0.39 is 10.0 Å². The van der Waals surface area contributed by atoms with E-state index in [9.17, 15) is 8.42 Å². The van der Waals surface area contributed by atoms with E-state index in [-0.39, 0.29) is 4.90 Å². The van der Waals surface area contributed by atoms with Crippen LogP contribution in [0.25, 0.3) is 10.2 Å². The average Bonchev–Trinajstić information content (AvgIpc) is 2.94. The summed E-state index contributed by atoms with van der Waals surface area (Å²) in [6, 6.07) is 13.7. The van der Waals surface area contributed by atoms with Crippen LogP contribution in [0.1, 0.15) is 12.0 Å². The minimum absolute atomic E-state index is 0.217. The van der Waals surface area contributed by atoms with Crippen molar-refractivity contribution < 1.29 is 8.42 Å². The second-order valence-electron chi connectivity index (χ2n) is 6.49. The van der Waals surface area contributed by atoms with Gasteiger partial charge in [-0.05, 0) is 48.9 Å². The van der Waals surface area contributed by atoms with Gasteiger partial charge >= 0.3 is 0 Å². The Bertz CT molecular complexity index is 1150. The number of thiazole rings is 1. The largest absolute Gasteiger partial charge is 0.347 e. The smallest absolute Gasteiger partial charge is 0.243 e. The fourth-order valence-electron chi connectivity index (χ4n) is 3.20. The van der Waals surface area contributed by atoms with E-state index in [0.717, 1.165) is 21.9 Å². The summed E-state index contributed by atoms with van der Waals surface area (Å²) < 4.78 is 28.5. The Morgan fingerprint density at radius 1 is 1.07 bits per heavy atom. The van der Waals surface area contributed by atoms with Gasteiger partial charge in [-0.1, -0.05) is 22.9 Å². The topological polar surface area (TPSA) is 77.3 Å². The summed E-state index contributed by atoms with van der Waals surface area (Å²) in [5.74, 6) is 0. The second-order valence-corrected chi connectivity index (χ2v) is 9.87. The lowest BCUT2D eigenvalue weighted by Crippen LogP contribution is -2.35. The third-order valence-electron chi connectivity index (χ3n) is 4.69. The Kier molecular flexibility index (Phi) is 5.25. The number of halogens is 1. The quantitative estimate of drug-likeness (QED) is 0.630. The van der Waals surface area contributed by atoms with Gasteiger partial charge in [-0.25, -0.2) is 13.4 Å². The molecular weight excluding hydrogens is 416 g/mol. The molecule has 28 heavy (non-hydrogen) atoms. The monoisotopic (exact) mass is 432 g/mol. The first-order chi connectivity index (χ1) is 13.5. The summed E-state index contributed by atoms with van der Waals surface area (Å²) in [5, 5.41) is 10.5. The van der Waals surface area contributed by atoms with Crippen LogP contribution in [0.3, 0.4) is 0 Å². The van der Waals surface area contributed by atoms with Gasteiger partial charge < -0.3 is 4.90 Å². The summed E-state index contributed by atoms with van der Waals surface area (Å²) in [6.07, 6.45) is 0.714. The lowest BCUT2D eigenvalue weighted by atomic mass is 10.2. The average molecular weight is 433 g/mol. The van der Waals surface area contributed by atoms with Gasteiger partial charge in [0.25, 0.3) is 0 Å². The molecule has 1 aliphatic rings. The molecule has 2 heterocycles. The van der Waals surface area contributed by atoms with Crippen LogP contribution in [0.2, 0.25) is 5.02 Å². The molecule has 3 aromatic rings. The molecule has 1 saturated heterocycles. The Morgan fingerprint density at radius 3 is 2.61 bits per heavy atom. The number of sulfonamides is 1. The van der Waals surface area contributed by atoms with E-state index in [4.69, 9.17) is 16.9 Å². The molecule has 1 aromatic heterocycles. The Hall–Kier alpha value is -2.18. The normalized spacial score (nSPS) is 16.1. The van der Waals surface area contributed by atoms with Crippen molar-refractivity contribution in [3.05, 3.63) is 53.1 Å². The van der Waals surface area contributed by atoms with E-state index in [1.54, 1.807) is 11.3 Å². The number of hydrogen-bond donors (Lipinski definition) is 0. The molecule has 144 valence electrons. The van der Waals surface area contributed by atoms with Crippen molar-refractivity contribution in [1.82, 2.24) is 9.29 Å². The Balaban J connectivity index is 1.53. The zero-order chi connectivity index (χ0) is 19.7. The number of rotatable bonds is 3. The van der Waals surface area contributed by atoms with Crippen LogP contribution >= 0.6 is 22.9 Å². The van der Waals surface area contributed by atoms with Gasteiger partial charge in [0.1, 0.15) is 0 Å². The molecule has 0 saturated carbocycles. The molecule has 0 radical (unpaired) electrons. The van der Waals surface area contributed by atoms with Crippen LogP contribution in [0, 0.1) is 11.3 Å². The lowest BCUT2D eigenvalue weighted by molar-refractivity contribution is 0.433. The molecule has 2 aromatic carbocycles. The van der Waals surface area contributed by atoms with Crippen LogP contribution in [0.15, 0.2) is 47.4 Å². The summed E-state index contributed by atoms with van der Waals surface area (Å²) in [7, 11) is -3.58. The Morgan fingerprint density at radius 2 is 1.86 bits per heavy atom. The minimum Gasteiger partial charge on any atom is -0.347 e. The Labute approximate surface area is 172 Å². The van der Waals surface area contributed by atoms with Crippen LogP contribution in [-0.2, 0) is 10.0 Å². The van der Waals surface area contributed by atoms with Crippen molar-refractivity contribution in [2.45, 2.75) is 11.3 Å². The van der Waals surface area contributed by atoms with Gasteiger partial charge in [0.15, 0.2) is 5.13 Å². The fourth-order valence-corrected chi connectivity index (χ4v) is 5.96. The second kappa shape index (κ2) is 7.68. The summed E-state index contributed by atoms with van der Waals surface area (Å²) in [5.41, 5.74) is 1.34. The van der Waals surface area contributed by atoms with Gasteiger partial charge in [-0.3, -0.25) is 0 Å². The van der Waals surface area contributed by atoms with Crippen molar-refractivity contribution >= 4 is 48.3 Å². The summed E-state index contributed by atoms with van der Waals surface area (Å²) in [4.78, 5) is 7.02. The number of anilines is 1. The van der Waals surface area contributed by atoms with Crippen molar-refractivity contribution in [2.24, 2.45) is 0 Å². The highest BCUT2D eigenvalue weighted by Gasteiger charge is 2.27. The third kappa shape index (κ3) is 3.71. The predicted octanol–water partition coefficient (Wildman–Crippen LogP) is 3.72. The number of nitriles is 1. The molecule has 1 aliphatic heterocycles. The molecule has 0 unspecified atom stereocenters. The standard InChI is InChI=1S/C19H17ClN4O2S2/c20-15-4-7-17-18(12-15)27-19(22-17)23-8-1-9-24(11-10-23)28(25,26)16-5-2-14(13-21)3-6-16/h2-7,12H,1,8-11H2. The minimum atomic E-state index is -3.58. The molecule has 0 amide bonds. The molecule has 0 spiro atoms. The number of aromatic nitrogens is 1. The molecule has 0 aliphatic carbocycles. The van der Waals surface area contributed by atoms with Gasteiger partial charge in [0, 0.05) is 31.2 Å². The molecule has 6 nitrogen and oxygen atoms in total. The van der Waals surface area contributed by atoms with E-state index in [1.165, 1.54) is 28.6 Å². The number of nitrogens with zero attached hydrogens (tertiary/aromatic N) is 4. The molecule has 0 atom stereocenters. The molecule has 0 bridgehead atoms. The maximum absolute atomic E-state index is 13.0. The fraction of sp³-hybridized carbons (Fsp3) is 0.263. The van der Waals surface area contributed by atoms with E-state index in [1.807, 2.05) is 24.3 Å². The summed E-state index contributed by atoms with van der Waals surface area (Å²) in [6.45, 7) is 2.16. The van der Waals surface area contributed by atoms with Crippen molar-refractivity contribution in [1.29, 1.82) is 5.26 Å². The number of hydrogen-bond acceptors (Lipinski definition) is 6. The molecular formula is C19H17ClN4O2S2. The van der Waals surface area contributed by atoms with E-state index in [0.29, 0.717) is 36.6 Å². The highest BCUT2D eigenvalue weighted by molar-refractivity contribution is 7.89. The van der Waals surface area contributed by atoms with Gasteiger partial charge in [0.2, 0.25) is 10.0 Å². The molecule has 4 rings (SSSR count). The third-order valence-corrected chi connectivity index (χ3v) is 7.91. The first kappa shape index (κ1) is 19.2. The molecule has 0 N–H and O–H groups in total. The zero-order valence-electron chi connectivity index (χ0n) is 14.9. The number of fused-ring (bicyclic) bond motifs is 1. The van der Waals surface area contributed by atoms with Crippen LogP contribution < -0.4 is 4.90 Å². The maximum atomic E-state index is 13.0. The summed E-state index contributed by atoms with van der Waals surface area (Å²) >= 11 is 7.63. The maximum Gasteiger partial charge on any atom is 0.243 e. The van der Waals surface area contributed by atoms with Crippen LogP contribution in [-0.4, -0.2) is 43.9 Å². The predicted molar refractivity (Wildman–Crippen MR) is 111 cm³/mol. The van der Waals surface area contributed by atoms with Crippen molar-refractivity contribution in [3.63, 3.8) is 0 Å². The zero-order valence-corrected chi connectivity index (χ0v) is 17.3. The molecule has 1 fully saturated rings. The van der Waals surface area contributed by atoms with Crippen molar-refractivity contribution in [3.8, 4) is 6.07 Å². The van der Waals surface area contributed by atoms with E-state index >= 15 is 0 Å². The lowest BCUT2D eigenvalue weighted by Gasteiger charge is -2.21. The van der Waals surface area contributed by atoms with Crippen LogP contribution in [0.4, 0.5) is 5.13 Å². The van der Waals surface area contributed by atoms with E-state index in [2.05, 4.69) is 9.88 Å². The van der Waals surface area contributed by atoms with Gasteiger partial charge in [-0.2, -0.15) is 9.57 Å².